The van der Waals surface area contributed by atoms with Gasteiger partial charge in [-0.3, -0.25) is 15.5 Å². The predicted molar refractivity (Wildman–Crippen MR) is 69.3 cm³/mol. The van der Waals surface area contributed by atoms with Crippen molar-refractivity contribution in [1.82, 2.24) is 15.1 Å². The Morgan fingerprint density at radius 2 is 2.11 bits per heavy atom. The van der Waals surface area contributed by atoms with Gasteiger partial charge < -0.3 is 0 Å². The molecule has 5 nitrogen and oxygen atoms in total. The standard InChI is InChI=1S/C11H8Cl2N4O/c12-8-3-2-7(6-9(8)13)10(18)16-11(14)17-5-1-4-15-17/h1-6H,(H2,14,16,18). The highest BCUT2D eigenvalue weighted by atomic mass is 35.5. The topological polar surface area (TPSA) is 70.8 Å². The number of carbonyl (C=O) groups is 1. The first-order valence-electron chi connectivity index (χ1n) is 4.93. The van der Waals surface area contributed by atoms with Crippen molar-refractivity contribution in [2.24, 2.45) is 0 Å². The molecule has 0 aliphatic carbocycles. The van der Waals surface area contributed by atoms with Crippen LogP contribution in [0.5, 0.6) is 0 Å². The Kier molecular flexibility index (Phi) is 3.64. The van der Waals surface area contributed by atoms with Gasteiger partial charge in [-0.05, 0) is 24.3 Å². The van der Waals surface area contributed by atoms with E-state index in [-0.39, 0.29) is 11.0 Å². The van der Waals surface area contributed by atoms with Crippen molar-refractivity contribution in [2.45, 2.75) is 0 Å². The Morgan fingerprint density at radius 3 is 2.72 bits per heavy atom. The zero-order valence-electron chi connectivity index (χ0n) is 9.02. The molecular weight excluding hydrogens is 275 g/mol. The van der Waals surface area contributed by atoms with Crippen molar-refractivity contribution in [3.63, 3.8) is 0 Å². The highest BCUT2D eigenvalue weighted by Gasteiger charge is 2.10. The van der Waals surface area contributed by atoms with Gasteiger partial charge in [0.25, 0.3) is 5.91 Å². The summed E-state index contributed by atoms with van der Waals surface area (Å²) in [7, 11) is 0. The molecule has 0 bridgehead atoms. The van der Waals surface area contributed by atoms with Crippen LogP contribution in [0, 0.1) is 5.41 Å². The maximum absolute atomic E-state index is 11.8. The molecular formula is C11H8Cl2N4O. The largest absolute Gasteiger partial charge is 0.291 e. The Labute approximate surface area is 113 Å². The third kappa shape index (κ3) is 2.69. The van der Waals surface area contributed by atoms with Gasteiger partial charge in [-0.15, -0.1) is 0 Å². The van der Waals surface area contributed by atoms with E-state index in [0.29, 0.717) is 10.6 Å². The second kappa shape index (κ2) is 5.20. The Balaban J connectivity index is 2.12. The molecule has 7 heteroatoms. The average Bonchev–Trinajstić information content (AvgIpc) is 2.86. The predicted octanol–water partition coefficient (Wildman–Crippen LogP) is 2.40. The second-order valence-corrected chi connectivity index (χ2v) is 4.20. The maximum atomic E-state index is 11.8. The first-order valence-corrected chi connectivity index (χ1v) is 5.68. The summed E-state index contributed by atoms with van der Waals surface area (Å²) in [6.45, 7) is 0. The number of hydrogen-bond acceptors (Lipinski definition) is 3. The summed E-state index contributed by atoms with van der Waals surface area (Å²) in [4.78, 5) is 11.8. The number of nitrogens with one attached hydrogen (secondary N) is 2. The van der Waals surface area contributed by atoms with Crippen LogP contribution in [-0.4, -0.2) is 21.6 Å². The van der Waals surface area contributed by atoms with Crippen molar-refractivity contribution in [2.75, 3.05) is 0 Å². The monoisotopic (exact) mass is 282 g/mol. The molecule has 0 atom stereocenters. The summed E-state index contributed by atoms with van der Waals surface area (Å²) in [6, 6.07) is 6.14. The molecule has 0 aliphatic rings. The number of benzene rings is 1. The van der Waals surface area contributed by atoms with E-state index in [4.69, 9.17) is 28.6 Å². The molecule has 2 aromatic rings. The first kappa shape index (κ1) is 12.6. The molecule has 0 saturated heterocycles. The minimum Gasteiger partial charge on any atom is -0.291 e. The van der Waals surface area contributed by atoms with Crippen LogP contribution in [0.2, 0.25) is 10.0 Å². The van der Waals surface area contributed by atoms with E-state index in [9.17, 15) is 4.79 Å². The number of nitrogens with zero attached hydrogens (tertiary/aromatic N) is 2. The molecule has 0 spiro atoms. The molecule has 0 unspecified atom stereocenters. The average molecular weight is 283 g/mol. The van der Waals surface area contributed by atoms with Crippen LogP contribution in [0.3, 0.4) is 0 Å². The number of hydrogen-bond donors (Lipinski definition) is 2. The summed E-state index contributed by atoms with van der Waals surface area (Å²) in [6.07, 6.45) is 3.07. The summed E-state index contributed by atoms with van der Waals surface area (Å²) < 4.78 is 1.23. The smallest absolute Gasteiger partial charge is 0.258 e. The fourth-order valence-corrected chi connectivity index (χ4v) is 1.57. The quantitative estimate of drug-likeness (QED) is 0.623. The second-order valence-electron chi connectivity index (χ2n) is 3.38. The van der Waals surface area contributed by atoms with Crippen molar-refractivity contribution in [1.29, 1.82) is 5.41 Å². The SMILES string of the molecule is N=C(NC(=O)c1ccc(Cl)c(Cl)c1)n1cccn1. The molecule has 0 radical (unpaired) electrons. The molecule has 2 rings (SSSR count). The summed E-state index contributed by atoms with van der Waals surface area (Å²) in [5, 5.41) is 14.5. The zero-order valence-corrected chi connectivity index (χ0v) is 10.5. The van der Waals surface area contributed by atoms with Crippen LogP contribution < -0.4 is 5.32 Å². The molecule has 0 fully saturated rings. The Morgan fingerprint density at radius 1 is 1.33 bits per heavy atom. The number of halogens is 2. The molecule has 1 amide bonds. The van der Waals surface area contributed by atoms with E-state index in [1.54, 1.807) is 12.3 Å². The van der Waals surface area contributed by atoms with Gasteiger partial charge in [0, 0.05) is 18.0 Å². The maximum Gasteiger partial charge on any atom is 0.258 e. The van der Waals surface area contributed by atoms with Crippen LogP contribution in [0.4, 0.5) is 0 Å². The van der Waals surface area contributed by atoms with E-state index in [2.05, 4.69) is 10.4 Å². The number of rotatable bonds is 1. The molecule has 0 saturated carbocycles. The van der Waals surface area contributed by atoms with Gasteiger partial charge in [0.05, 0.1) is 10.0 Å². The highest BCUT2D eigenvalue weighted by molar-refractivity contribution is 6.42. The molecule has 0 aliphatic heterocycles. The summed E-state index contributed by atoms with van der Waals surface area (Å²) in [5.74, 6) is -0.592. The van der Waals surface area contributed by atoms with Gasteiger partial charge in [-0.1, -0.05) is 23.2 Å². The zero-order chi connectivity index (χ0) is 13.1. The fraction of sp³-hybridized carbons (Fsp3) is 0. The Hall–Kier alpha value is -1.85. The van der Waals surface area contributed by atoms with Crippen molar-refractivity contribution in [3.8, 4) is 0 Å². The van der Waals surface area contributed by atoms with Crippen LogP contribution in [-0.2, 0) is 0 Å². The number of aromatic nitrogens is 2. The fourth-order valence-electron chi connectivity index (χ4n) is 1.28. The molecule has 18 heavy (non-hydrogen) atoms. The lowest BCUT2D eigenvalue weighted by atomic mass is 10.2. The first-order chi connectivity index (χ1) is 8.58. The lowest BCUT2D eigenvalue weighted by molar-refractivity contribution is 0.0975. The molecule has 92 valence electrons. The third-order valence-electron chi connectivity index (χ3n) is 2.15. The van der Waals surface area contributed by atoms with Crippen LogP contribution in [0.15, 0.2) is 36.7 Å². The van der Waals surface area contributed by atoms with Gasteiger partial charge >= 0.3 is 0 Å². The Bertz CT molecular complexity index is 595. The van der Waals surface area contributed by atoms with Crippen LogP contribution in [0.25, 0.3) is 0 Å². The van der Waals surface area contributed by atoms with Gasteiger partial charge in [0.15, 0.2) is 0 Å². The number of carbonyl (C=O) groups excluding carboxylic acids is 1. The van der Waals surface area contributed by atoms with Crippen molar-refractivity contribution < 1.29 is 4.79 Å². The van der Waals surface area contributed by atoms with Crippen molar-refractivity contribution >= 4 is 35.1 Å². The lowest BCUT2D eigenvalue weighted by Gasteiger charge is -2.07. The van der Waals surface area contributed by atoms with Crippen LogP contribution >= 0.6 is 23.2 Å². The summed E-state index contributed by atoms with van der Waals surface area (Å²) in [5.41, 5.74) is 0.321. The number of amides is 1. The van der Waals surface area contributed by atoms with Crippen LogP contribution in [0.1, 0.15) is 10.4 Å². The van der Waals surface area contributed by atoms with E-state index in [1.807, 2.05) is 0 Å². The normalized spacial score (nSPS) is 10.1. The van der Waals surface area contributed by atoms with E-state index in [0.717, 1.165) is 0 Å². The van der Waals surface area contributed by atoms with Gasteiger partial charge in [0.2, 0.25) is 5.96 Å². The van der Waals surface area contributed by atoms with Gasteiger partial charge in [-0.25, -0.2) is 4.68 Å². The molecule has 1 heterocycles. The minimum atomic E-state index is -0.450. The van der Waals surface area contributed by atoms with Gasteiger partial charge in [0.1, 0.15) is 0 Å². The third-order valence-corrected chi connectivity index (χ3v) is 2.89. The molecule has 2 N–H and O–H groups in total. The molecule has 1 aromatic carbocycles. The van der Waals surface area contributed by atoms with E-state index in [1.165, 1.54) is 29.1 Å². The van der Waals surface area contributed by atoms with E-state index < -0.39 is 5.91 Å². The molecule has 1 aromatic heterocycles. The minimum absolute atomic E-state index is 0.143. The highest BCUT2D eigenvalue weighted by Crippen LogP contribution is 2.22. The summed E-state index contributed by atoms with van der Waals surface area (Å²) >= 11 is 11.6. The lowest BCUT2D eigenvalue weighted by Crippen LogP contribution is -2.35. The van der Waals surface area contributed by atoms with Crippen molar-refractivity contribution in [3.05, 3.63) is 52.3 Å². The van der Waals surface area contributed by atoms with E-state index >= 15 is 0 Å². The van der Waals surface area contributed by atoms with Gasteiger partial charge in [-0.2, -0.15) is 5.10 Å².